The van der Waals surface area contributed by atoms with E-state index in [2.05, 4.69) is 16.0 Å². The maximum atomic E-state index is 12.1. The Morgan fingerprint density at radius 2 is 1.81 bits per heavy atom. The lowest BCUT2D eigenvalue weighted by atomic mass is 10.0. The Bertz CT molecular complexity index is 605. The van der Waals surface area contributed by atoms with Gasteiger partial charge in [-0.05, 0) is 57.4 Å². The normalized spacial score (nSPS) is 13.6. The first kappa shape index (κ1) is 29.9. The molecule has 1 amide bonds. The number of carboxylic acids is 1. The molecule has 0 aliphatic carbocycles. The van der Waals surface area contributed by atoms with Gasteiger partial charge in [0, 0.05) is 25.6 Å². The van der Waals surface area contributed by atoms with Gasteiger partial charge in [-0.1, -0.05) is 18.7 Å². The Labute approximate surface area is 194 Å². The zero-order valence-corrected chi connectivity index (χ0v) is 20.0. The highest BCUT2D eigenvalue weighted by Gasteiger charge is 2.16. The Hall–Kier alpha value is -2.14. The number of aldehydes is 1. The number of carbonyl (C=O) groups is 4. The molecular formula is C21H39N5O5S. The summed E-state index contributed by atoms with van der Waals surface area (Å²) in [4.78, 5) is 45.6. The largest absolute Gasteiger partial charge is 0.480 e. The van der Waals surface area contributed by atoms with Gasteiger partial charge < -0.3 is 31.6 Å². The maximum Gasteiger partial charge on any atom is 0.320 e. The third-order valence-corrected chi connectivity index (χ3v) is 5.75. The predicted molar refractivity (Wildman–Crippen MR) is 127 cm³/mol. The van der Waals surface area contributed by atoms with Gasteiger partial charge in [-0.25, -0.2) is 0 Å². The molecule has 11 heteroatoms. The van der Waals surface area contributed by atoms with Crippen LogP contribution < -0.4 is 21.7 Å². The average Bonchev–Trinajstić information content (AvgIpc) is 2.71. The fourth-order valence-electron chi connectivity index (χ4n) is 2.99. The SMILES string of the molecule is CC(=O)SCCC(C)CCC(=O)NC(C=O)CCCCN[C@@H](CCCNC(=N)N)C(=O)O. The van der Waals surface area contributed by atoms with E-state index >= 15 is 0 Å². The number of rotatable bonds is 19. The smallest absolute Gasteiger partial charge is 0.320 e. The van der Waals surface area contributed by atoms with Crippen molar-refractivity contribution < 1.29 is 24.3 Å². The molecular weight excluding hydrogens is 434 g/mol. The van der Waals surface area contributed by atoms with E-state index in [9.17, 15) is 24.3 Å². The number of nitrogens with one attached hydrogen (secondary N) is 4. The molecule has 0 aliphatic rings. The molecule has 7 N–H and O–H groups in total. The molecule has 0 aromatic carbocycles. The van der Waals surface area contributed by atoms with E-state index < -0.39 is 18.1 Å². The second-order valence-corrected chi connectivity index (χ2v) is 9.18. The van der Waals surface area contributed by atoms with Gasteiger partial charge >= 0.3 is 5.97 Å². The summed E-state index contributed by atoms with van der Waals surface area (Å²) in [5, 5.41) is 24.8. The van der Waals surface area contributed by atoms with Crippen LogP contribution >= 0.6 is 11.8 Å². The minimum absolute atomic E-state index is 0.0967. The van der Waals surface area contributed by atoms with E-state index in [-0.39, 0.29) is 17.0 Å². The molecule has 0 heterocycles. The van der Waals surface area contributed by atoms with Gasteiger partial charge in [0.05, 0.1) is 6.04 Å². The summed E-state index contributed by atoms with van der Waals surface area (Å²) in [7, 11) is 0. The van der Waals surface area contributed by atoms with Gasteiger partial charge in [0.25, 0.3) is 0 Å². The van der Waals surface area contributed by atoms with Crippen molar-refractivity contribution in [2.24, 2.45) is 11.7 Å². The van der Waals surface area contributed by atoms with Gasteiger partial charge in [-0.2, -0.15) is 0 Å². The number of amides is 1. The number of hydrogen-bond donors (Lipinski definition) is 6. The number of aliphatic carboxylic acids is 1. The Morgan fingerprint density at radius 1 is 1.09 bits per heavy atom. The topological polar surface area (TPSA) is 174 Å². The molecule has 3 atom stereocenters. The van der Waals surface area contributed by atoms with Gasteiger partial charge in [0.2, 0.25) is 5.91 Å². The number of hydrogen-bond acceptors (Lipinski definition) is 7. The molecule has 0 bridgehead atoms. The van der Waals surface area contributed by atoms with Crippen molar-refractivity contribution in [3.05, 3.63) is 0 Å². The minimum atomic E-state index is -0.931. The molecule has 0 aromatic heterocycles. The zero-order valence-electron chi connectivity index (χ0n) is 19.2. The first-order chi connectivity index (χ1) is 15.1. The highest BCUT2D eigenvalue weighted by atomic mass is 32.2. The van der Waals surface area contributed by atoms with Crippen molar-refractivity contribution in [2.75, 3.05) is 18.8 Å². The van der Waals surface area contributed by atoms with E-state index in [1.165, 1.54) is 11.8 Å². The number of carboxylic acid groups (broad SMARTS) is 1. The van der Waals surface area contributed by atoms with Crippen LogP contribution in [-0.4, -0.2) is 65.3 Å². The third kappa shape index (κ3) is 17.5. The molecule has 0 radical (unpaired) electrons. The van der Waals surface area contributed by atoms with Crippen molar-refractivity contribution in [3.63, 3.8) is 0 Å². The molecule has 0 rings (SSSR count). The van der Waals surface area contributed by atoms with E-state index in [4.69, 9.17) is 11.1 Å². The number of thioether (sulfide) groups is 1. The monoisotopic (exact) mass is 473 g/mol. The van der Waals surface area contributed by atoms with Crippen LogP contribution in [0.3, 0.4) is 0 Å². The van der Waals surface area contributed by atoms with Crippen LogP contribution in [-0.2, 0) is 19.2 Å². The van der Waals surface area contributed by atoms with Crippen LogP contribution in [0.25, 0.3) is 0 Å². The Morgan fingerprint density at radius 3 is 2.41 bits per heavy atom. The van der Waals surface area contributed by atoms with Gasteiger partial charge in [-0.3, -0.25) is 19.8 Å². The summed E-state index contributed by atoms with van der Waals surface area (Å²) in [6.07, 6.45) is 5.49. The fourth-order valence-corrected chi connectivity index (χ4v) is 3.79. The number of nitrogens with two attached hydrogens (primary N) is 1. The van der Waals surface area contributed by atoms with Crippen LogP contribution in [0.5, 0.6) is 0 Å². The first-order valence-electron chi connectivity index (χ1n) is 11.1. The summed E-state index contributed by atoms with van der Waals surface area (Å²) in [6, 6.07) is -1.22. The fraction of sp³-hybridized carbons (Fsp3) is 0.762. The lowest BCUT2D eigenvalue weighted by Crippen LogP contribution is -2.39. The molecule has 0 saturated carbocycles. The van der Waals surface area contributed by atoms with Crippen LogP contribution in [0.15, 0.2) is 0 Å². The maximum absolute atomic E-state index is 12.1. The summed E-state index contributed by atoms with van der Waals surface area (Å²) in [5.74, 6) is -0.147. The highest BCUT2D eigenvalue weighted by molar-refractivity contribution is 8.13. The molecule has 0 aliphatic heterocycles. The molecule has 2 unspecified atom stereocenters. The third-order valence-electron chi connectivity index (χ3n) is 4.91. The van der Waals surface area contributed by atoms with Crippen molar-refractivity contribution >= 4 is 41.0 Å². The van der Waals surface area contributed by atoms with E-state index in [1.54, 1.807) is 6.92 Å². The summed E-state index contributed by atoms with van der Waals surface area (Å²) in [6.45, 7) is 4.52. The van der Waals surface area contributed by atoms with Crippen LogP contribution in [0.2, 0.25) is 0 Å². The molecule has 0 spiro atoms. The average molecular weight is 474 g/mol. The molecule has 184 valence electrons. The second-order valence-electron chi connectivity index (χ2n) is 7.91. The van der Waals surface area contributed by atoms with E-state index in [0.29, 0.717) is 64.0 Å². The second kappa shape index (κ2) is 18.4. The zero-order chi connectivity index (χ0) is 24.4. The first-order valence-corrected chi connectivity index (χ1v) is 12.1. The van der Waals surface area contributed by atoms with Crippen molar-refractivity contribution in [1.29, 1.82) is 5.41 Å². The van der Waals surface area contributed by atoms with Gasteiger partial charge in [-0.15, -0.1) is 0 Å². The molecule has 10 nitrogen and oxygen atoms in total. The highest BCUT2D eigenvalue weighted by Crippen LogP contribution is 2.15. The summed E-state index contributed by atoms with van der Waals surface area (Å²) < 4.78 is 0. The Kier molecular flexibility index (Phi) is 17.2. The van der Waals surface area contributed by atoms with Crippen LogP contribution in [0, 0.1) is 11.3 Å². The van der Waals surface area contributed by atoms with Crippen LogP contribution in [0.1, 0.15) is 65.2 Å². The van der Waals surface area contributed by atoms with Crippen molar-refractivity contribution in [1.82, 2.24) is 16.0 Å². The van der Waals surface area contributed by atoms with Crippen molar-refractivity contribution in [2.45, 2.75) is 77.3 Å². The predicted octanol–water partition coefficient (Wildman–Crippen LogP) is 1.23. The van der Waals surface area contributed by atoms with Gasteiger partial charge in [0.15, 0.2) is 11.1 Å². The van der Waals surface area contributed by atoms with Gasteiger partial charge in [0.1, 0.15) is 12.3 Å². The molecule has 0 aromatic rings. The van der Waals surface area contributed by atoms with E-state index in [0.717, 1.165) is 18.5 Å². The minimum Gasteiger partial charge on any atom is -0.480 e. The van der Waals surface area contributed by atoms with Crippen molar-refractivity contribution in [3.8, 4) is 0 Å². The molecule has 0 fully saturated rings. The summed E-state index contributed by atoms with van der Waals surface area (Å²) in [5.41, 5.74) is 5.18. The lowest BCUT2D eigenvalue weighted by molar-refractivity contribution is -0.139. The number of unbranched alkanes of at least 4 members (excludes halogenated alkanes) is 1. The van der Waals surface area contributed by atoms with E-state index in [1.807, 2.05) is 6.92 Å². The van der Waals surface area contributed by atoms with Crippen LogP contribution in [0.4, 0.5) is 0 Å². The standard InChI is InChI=1S/C21H39N5O5S/c1-15(10-13-32-16(2)28)8-9-19(29)26-17(14-27)6-3-4-11-24-18(20(30)31)7-5-12-25-21(22)23/h14-15,17-18,24H,3-13H2,1-2H3,(H,26,29)(H,30,31)(H4,22,23,25)/t15?,17?,18-/m0/s1. The molecule has 32 heavy (non-hydrogen) atoms. The number of carbonyl (C=O) groups excluding carboxylic acids is 3. The Balaban J connectivity index is 4.01. The quantitative estimate of drug-likeness (QED) is 0.0697. The lowest BCUT2D eigenvalue weighted by Gasteiger charge is -2.16. The summed E-state index contributed by atoms with van der Waals surface area (Å²) >= 11 is 1.29. The molecule has 0 saturated heterocycles. The number of guanidine groups is 1.